The zero-order chi connectivity index (χ0) is 14.9. The van der Waals surface area contributed by atoms with E-state index in [1.165, 1.54) is 21.3 Å². The maximum atomic E-state index is 12.6. The highest BCUT2D eigenvalue weighted by molar-refractivity contribution is 6.00. The van der Waals surface area contributed by atoms with Crippen LogP contribution in [-0.4, -0.2) is 51.6 Å². The van der Waals surface area contributed by atoms with Crippen molar-refractivity contribution in [2.75, 3.05) is 27.9 Å². The third-order valence-corrected chi connectivity index (χ3v) is 4.12. The smallest absolute Gasteiger partial charge is 0.333 e. The highest BCUT2D eigenvalue weighted by Crippen LogP contribution is 2.48. The minimum atomic E-state index is -1.42. The normalized spacial score (nSPS) is 31.1. The zero-order valence-corrected chi connectivity index (χ0v) is 12.2. The van der Waals surface area contributed by atoms with Crippen LogP contribution in [0.5, 0.6) is 0 Å². The molecule has 112 valence electrons. The van der Waals surface area contributed by atoms with Crippen LogP contribution in [0, 0.1) is 11.8 Å². The van der Waals surface area contributed by atoms with Gasteiger partial charge in [-0.3, -0.25) is 4.79 Å². The molecule has 0 aliphatic heterocycles. The molecule has 0 amide bonds. The molecule has 3 rings (SSSR count). The first-order valence-corrected chi connectivity index (χ1v) is 6.61. The number of rotatable bonds is 5. The number of hydrogen-bond donors (Lipinski definition) is 0. The Labute approximate surface area is 118 Å². The van der Waals surface area contributed by atoms with Gasteiger partial charge in [0, 0.05) is 26.4 Å². The number of ketones is 1. The first-order chi connectivity index (χ1) is 9.55. The van der Waals surface area contributed by atoms with Crippen molar-refractivity contribution >= 4 is 11.8 Å². The molecule has 0 radical (unpaired) electrons. The average molecular weight is 284 g/mol. The summed E-state index contributed by atoms with van der Waals surface area (Å²) in [5.41, 5.74) is 0.428. The number of ether oxygens (including phenoxy) is 4. The average Bonchev–Trinajstić information content (AvgIpc) is 2.48. The molecule has 0 aromatic rings. The Kier molecular flexibility index (Phi) is 4.27. The van der Waals surface area contributed by atoms with E-state index in [2.05, 4.69) is 0 Å². The van der Waals surface area contributed by atoms with Gasteiger partial charge >= 0.3 is 5.97 Å². The highest BCUT2D eigenvalue weighted by Gasteiger charge is 2.61. The van der Waals surface area contributed by atoms with Gasteiger partial charge in [0.05, 0.1) is 25.0 Å². The predicted molar refractivity (Wildman–Crippen MR) is 68.9 cm³/mol. The summed E-state index contributed by atoms with van der Waals surface area (Å²) in [6.45, 7) is 2.38. The number of hydrogen-bond acceptors (Lipinski definition) is 6. The first kappa shape index (κ1) is 15.2. The third-order valence-electron chi connectivity index (χ3n) is 4.12. The van der Waals surface area contributed by atoms with E-state index < -0.39 is 23.6 Å². The van der Waals surface area contributed by atoms with Crippen molar-refractivity contribution in [3.05, 3.63) is 11.6 Å². The summed E-state index contributed by atoms with van der Waals surface area (Å²) >= 11 is 0. The molecule has 6 heteroatoms. The van der Waals surface area contributed by atoms with Crippen molar-refractivity contribution in [2.24, 2.45) is 11.8 Å². The van der Waals surface area contributed by atoms with Crippen LogP contribution < -0.4 is 0 Å². The first-order valence-electron chi connectivity index (χ1n) is 6.61. The summed E-state index contributed by atoms with van der Waals surface area (Å²) in [7, 11) is 4.13. The topological polar surface area (TPSA) is 71.1 Å². The quantitative estimate of drug-likeness (QED) is 0.546. The molecule has 3 aliphatic carbocycles. The number of Topliss-reactive ketones (excluding diaryl/α,β-unsaturated/α-hetero) is 1. The Hall–Kier alpha value is -1.24. The van der Waals surface area contributed by atoms with Crippen molar-refractivity contribution in [1.29, 1.82) is 0 Å². The molecule has 0 saturated heterocycles. The fraction of sp³-hybridized carbons (Fsp3) is 0.714. The monoisotopic (exact) mass is 284 g/mol. The minimum Gasteiger partial charge on any atom is -0.466 e. The molecule has 1 fully saturated rings. The van der Waals surface area contributed by atoms with Gasteiger partial charge in [0.2, 0.25) is 11.6 Å². The van der Waals surface area contributed by atoms with Crippen LogP contribution in [0.15, 0.2) is 11.6 Å². The van der Waals surface area contributed by atoms with Crippen LogP contribution in [0.3, 0.4) is 0 Å². The van der Waals surface area contributed by atoms with Gasteiger partial charge in [-0.1, -0.05) is 6.08 Å². The lowest BCUT2D eigenvalue weighted by Gasteiger charge is -2.49. The predicted octanol–water partition coefficient (Wildman–Crippen LogP) is 0.699. The lowest BCUT2D eigenvalue weighted by atomic mass is 9.65. The molecule has 0 unspecified atom stereocenters. The molecule has 0 heterocycles. The standard InChI is InChI=1S/C14H20O6/c1-5-20-11-7-10-8(13(16)17-2)6-9(11)12(15)14(10,18-3)19-4/h6,9-11H,5,7H2,1-4H3/t9-,10-,11-/m0/s1. The summed E-state index contributed by atoms with van der Waals surface area (Å²) in [5.74, 6) is -3.14. The third kappa shape index (κ3) is 1.99. The van der Waals surface area contributed by atoms with E-state index in [1.807, 2.05) is 6.92 Å². The van der Waals surface area contributed by atoms with E-state index in [9.17, 15) is 9.59 Å². The fourth-order valence-electron chi connectivity index (χ4n) is 3.21. The van der Waals surface area contributed by atoms with Crippen molar-refractivity contribution in [3.8, 4) is 0 Å². The molecule has 0 aromatic carbocycles. The molecule has 0 N–H and O–H groups in total. The Morgan fingerprint density at radius 2 is 2.00 bits per heavy atom. The molecule has 3 aliphatic rings. The second kappa shape index (κ2) is 5.63. The number of methoxy groups -OCH3 is 3. The van der Waals surface area contributed by atoms with Crippen molar-refractivity contribution in [3.63, 3.8) is 0 Å². The van der Waals surface area contributed by atoms with E-state index in [0.717, 1.165) is 0 Å². The molecule has 1 saturated carbocycles. The number of esters is 1. The molecular weight excluding hydrogens is 264 g/mol. The second-order valence-electron chi connectivity index (χ2n) is 4.86. The van der Waals surface area contributed by atoms with Gasteiger partial charge in [-0.25, -0.2) is 4.79 Å². The molecule has 0 aromatic heterocycles. The van der Waals surface area contributed by atoms with E-state index >= 15 is 0 Å². The zero-order valence-electron chi connectivity index (χ0n) is 12.2. The van der Waals surface area contributed by atoms with Crippen molar-refractivity contribution < 1.29 is 28.5 Å². The molecule has 6 nitrogen and oxygen atoms in total. The van der Waals surface area contributed by atoms with Gasteiger partial charge in [-0.15, -0.1) is 0 Å². The molecule has 20 heavy (non-hydrogen) atoms. The van der Waals surface area contributed by atoms with Gasteiger partial charge < -0.3 is 18.9 Å². The van der Waals surface area contributed by atoms with E-state index in [1.54, 1.807) is 6.08 Å². The maximum Gasteiger partial charge on any atom is 0.333 e. The van der Waals surface area contributed by atoms with Gasteiger partial charge in [-0.05, 0) is 13.3 Å². The minimum absolute atomic E-state index is 0.204. The van der Waals surface area contributed by atoms with E-state index in [-0.39, 0.29) is 11.9 Å². The summed E-state index contributed by atoms with van der Waals surface area (Å²) in [6.07, 6.45) is 1.88. The Morgan fingerprint density at radius 1 is 1.35 bits per heavy atom. The fourth-order valence-corrected chi connectivity index (χ4v) is 3.21. The summed E-state index contributed by atoms with van der Waals surface area (Å²) in [6, 6.07) is 0. The lowest BCUT2D eigenvalue weighted by molar-refractivity contribution is -0.247. The van der Waals surface area contributed by atoms with Crippen LogP contribution in [0.25, 0.3) is 0 Å². The maximum absolute atomic E-state index is 12.6. The Morgan fingerprint density at radius 3 is 2.50 bits per heavy atom. The lowest BCUT2D eigenvalue weighted by Crippen LogP contribution is -2.63. The number of fused-ring (bicyclic) bond motifs is 2. The van der Waals surface area contributed by atoms with Gasteiger partial charge in [0.1, 0.15) is 0 Å². The van der Waals surface area contributed by atoms with Gasteiger partial charge in [0.25, 0.3) is 0 Å². The Bertz CT molecular complexity index is 437. The molecule has 3 atom stereocenters. The Balaban J connectivity index is 2.45. The molecular formula is C14H20O6. The van der Waals surface area contributed by atoms with Crippen LogP contribution in [0.1, 0.15) is 13.3 Å². The van der Waals surface area contributed by atoms with Crippen LogP contribution >= 0.6 is 0 Å². The van der Waals surface area contributed by atoms with Crippen LogP contribution in [-0.2, 0) is 28.5 Å². The van der Waals surface area contributed by atoms with Crippen LogP contribution in [0.2, 0.25) is 0 Å². The van der Waals surface area contributed by atoms with E-state index in [0.29, 0.717) is 18.6 Å². The van der Waals surface area contributed by atoms with E-state index in [4.69, 9.17) is 18.9 Å². The van der Waals surface area contributed by atoms with Gasteiger partial charge in [0.15, 0.2) is 0 Å². The molecule has 2 bridgehead atoms. The number of carbonyl (C=O) groups excluding carboxylic acids is 2. The summed E-state index contributed by atoms with van der Waals surface area (Å²) in [5, 5.41) is 0. The molecule has 0 spiro atoms. The number of carbonyl (C=O) groups is 2. The van der Waals surface area contributed by atoms with Gasteiger partial charge in [-0.2, -0.15) is 0 Å². The van der Waals surface area contributed by atoms with Crippen LogP contribution in [0.4, 0.5) is 0 Å². The second-order valence-corrected chi connectivity index (χ2v) is 4.86. The summed E-state index contributed by atoms with van der Waals surface area (Å²) < 4.78 is 21.1. The summed E-state index contributed by atoms with van der Waals surface area (Å²) in [4.78, 5) is 24.5. The SMILES string of the molecule is CCO[C@H]1C[C@H]2C(C(=O)OC)=C[C@@H]1C(=O)C2(OC)OC. The highest BCUT2D eigenvalue weighted by atomic mass is 16.7. The largest absolute Gasteiger partial charge is 0.466 e. The van der Waals surface area contributed by atoms with Crippen molar-refractivity contribution in [1.82, 2.24) is 0 Å². The van der Waals surface area contributed by atoms with Crippen molar-refractivity contribution in [2.45, 2.75) is 25.2 Å².